The molecule has 0 saturated carbocycles. The highest BCUT2D eigenvalue weighted by atomic mass is 35.5. The molecular formula is C23H19ClN2. The van der Waals surface area contributed by atoms with E-state index < -0.39 is 0 Å². The lowest BCUT2D eigenvalue weighted by molar-refractivity contribution is 1.06. The van der Waals surface area contributed by atoms with Gasteiger partial charge in [0.2, 0.25) is 0 Å². The van der Waals surface area contributed by atoms with Gasteiger partial charge in [0.05, 0.1) is 5.69 Å². The number of hydrogen-bond acceptors (Lipinski definition) is 1. The molecule has 1 heterocycles. The van der Waals surface area contributed by atoms with Crippen LogP contribution in [0.5, 0.6) is 0 Å². The van der Waals surface area contributed by atoms with Gasteiger partial charge in [-0.3, -0.25) is 4.57 Å². The van der Waals surface area contributed by atoms with Gasteiger partial charge in [-0.2, -0.15) is 0 Å². The number of aryl methyl sites for hydroxylation is 2. The van der Waals surface area contributed by atoms with E-state index in [4.69, 9.17) is 16.6 Å². The van der Waals surface area contributed by atoms with E-state index in [-0.39, 0.29) is 0 Å². The Balaban J connectivity index is 1.91. The topological polar surface area (TPSA) is 17.8 Å². The Morgan fingerprint density at radius 3 is 2.19 bits per heavy atom. The molecule has 0 aliphatic rings. The summed E-state index contributed by atoms with van der Waals surface area (Å²) in [5.41, 5.74) is 6.74. The molecule has 3 heteroatoms. The van der Waals surface area contributed by atoms with E-state index in [9.17, 15) is 0 Å². The van der Waals surface area contributed by atoms with E-state index >= 15 is 0 Å². The van der Waals surface area contributed by atoms with Crippen molar-refractivity contribution in [2.24, 2.45) is 0 Å². The highest BCUT2D eigenvalue weighted by Gasteiger charge is 2.13. The number of benzene rings is 3. The standard InChI is InChI=1S/C23H19ClN2/c1-16-8-13-21(14-17(16)2)26-15-22(18-6-4-3-5-7-18)25-23(26)19-9-11-20(24)12-10-19/h3-15H,1-2H3. The van der Waals surface area contributed by atoms with Gasteiger partial charge in [-0.1, -0.05) is 48.0 Å². The van der Waals surface area contributed by atoms with Gasteiger partial charge in [0.15, 0.2) is 0 Å². The highest BCUT2D eigenvalue weighted by molar-refractivity contribution is 6.30. The predicted octanol–water partition coefficient (Wildman–Crippen LogP) is 6.48. The van der Waals surface area contributed by atoms with E-state index in [0.29, 0.717) is 0 Å². The highest BCUT2D eigenvalue weighted by Crippen LogP contribution is 2.29. The molecular weight excluding hydrogens is 340 g/mol. The predicted molar refractivity (Wildman–Crippen MR) is 109 cm³/mol. The summed E-state index contributed by atoms with van der Waals surface area (Å²) in [6.07, 6.45) is 2.10. The van der Waals surface area contributed by atoms with Crippen LogP contribution in [0.2, 0.25) is 5.02 Å². The molecule has 0 spiro atoms. The van der Waals surface area contributed by atoms with Crippen molar-refractivity contribution < 1.29 is 0 Å². The first kappa shape index (κ1) is 16.6. The van der Waals surface area contributed by atoms with Crippen molar-refractivity contribution in [3.05, 3.63) is 95.1 Å². The van der Waals surface area contributed by atoms with Crippen LogP contribution >= 0.6 is 11.6 Å². The molecule has 128 valence electrons. The van der Waals surface area contributed by atoms with Crippen LogP contribution in [0, 0.1) is 13.8 Å². The summed E-state index contributed by atoms with van der Waals surface area (Å²) in [6, 6.07) is 24.6. The number of rotatable bonds is 3. The van der Waals surface area contributed by atoms with Crippen LogP contribution in [0.4, 0.5) is 0 Å². The Morgan fingerprint density at radius 2 is 1.50 bits per heavy atom. The Labute approximate surface area is 158 Å². The van der Waals surface area contributed by atoms with Crippen LogP contribution in [0.15, 0.2) is 79.0 Å². The molecule has 0 fully saturated rings. The van der Waals surface area contributed by atoms with Crippen LogP contribution in [0.1, 0.15) is 11.1 Å². The van der Waals surface area contributed by atoms with E-state index in [1.165, 1.54) is 11.1 Å². The van der Waals surface area contributed by atoms with E-state index in [1.807, 2.05) is 42.5 Å². The van der Waals surface area contributed by atoms with E-state index in [2.05, 4.69) is 54.9 Å². The second-order valence-corrected chi connectivity index (χ2v) is 6.90. The molecule has 3 aromatic carbocycles. The second-order valence-electron chi connectivity index (χ2n) is 6.46. The van der Waals surface area contributed by atoms with Crippen molar-refractivity contribution in [1.82, 2.24) is 9.55 Å². The zero-order valence-corrected chi connectivity index (χ0v) is 15.5. The maximum Gasteiger partial charge on any atom is 0.145 e. The molecule has 0 amide bonds. The number of nitrogens with zero attached hydrogens (tertiary/aromatic N) is 2. The smallest absolute Gasteiger partial charge is 0.145 e. The zero-order chi connectivity index (χ0) is 18.1. The molecule has 2 nitrogen and oxygen atoms in total. The maximum absolute atomic E-state index is 6.07. The first-order chi connectivity index (χ1) is 12.6. The van der Waals surface area contributed by atoms with Crippen molar-refractivity contribution in [2.75, 3.05) is 0 Å². The van der Waals surface area contributed by atoms with E-state index in [0.717, 1.165) is 33.4 Å². The summed E-state index contributed by atoms with van der Waals surface area (Å²) in [5, 5.41) is 0.723. The number of aromatic nitrogens is 2. The minimum Gasteiger partial charge on any atom is -0.299 e. The van der Waals surface area contributed by atoms with Gasteiger partial charge in [-0.25, -0.2) is 4.98 Å². The summed E-state index contributed by atoms with van der Waals surface area (Å²) in [4.78, 5) is 4.93. The van der Waals surface area contributed by atoms with Gasteiger partial charge in [0, 0.05) is 28.0 Å². The van der Waals surface area contributed by atoms with Gasteiger partial charge < -0.3 is 0 Å². The number of imidazole rings is 1. The van der Waals surface area contributed by atoms with Crippen molar-refractivity contribution in [2.45, 2.75) is 13.8 Å². The Bertz CT molecular complexity index is 1050. The van der Waals surface area contributed by atoms with Gasteiger partial charge in [0.25, 0.3) is 0 Å². The minimum absolute atomic E-state index is 0.723. The molecule has 0 unspecified atom stereocenters. The first-order valence-electron chi connectivity index (χ1n) is 8.60. The van der Waals surface area contributed by atoms with Crippen molar-refractivity contribution in [3.8, 4) is 28.3 Å². The molecule has 0 bridgehead atoms. The maximum atomic E-state index is 6.07. The monoisotopic (exact) mass is 358 g/mol. The zero-order valence-electron chi connectivity index (χ0n) is 14.8. The Kier molecular flexibility index (Phi) is 4.36. The normalized spacial score (nSPS) is 10.9. The number of hydrogen-bond donors (Lipinski definition) is 0. The van der Waals surface area contributed by atoms with Gasteiger partial charge in [-0.15, -0.1) is 0 Å². The summed E-state index contributed by atoms with van der Waals surface area (Å²) in [7, 11) is 0. The van der Waals surface area contributed by atoms with Crippen LogP contribution in [-0.4, -0.2) is 9.55 Å². The third-order valence-electron chi connectivity index (χ3n) is 4.65. The molecule has 0 radical (unpaired) electrons. The van der Waals surface area contributed by atoms with Gasteiger partial charge in [0.1, 0.15) is 5.82 Å². The minimum atomic E-state index is 0.723. The molecule has 26 heavy (non-hydrogen) atoms. The molecule has 0 saturated heterocycles. The average molecular weight is 359 g/mol. The quantitative estimate of drug-likeness (QED) is 0.410. The van der Waals surface area contributed by atoms with Crippen LogP contribution in [0.25, 0.3) is 28.3 Å². The second kappa shape index (κ2) is 6.81. The molecule has 0 aliphatic heterocycles. The summed E-state index contributed by atoms with van der Waals surface area (Å²) in [6.45, 7) is 4.26. The fraction of sp³-hybridized carbons (Fsp3) is 0.0870. The summed E-state index contributed by atoms with van der Waals surface area (Å²) >= 11 is 6.07. The molecule has 0 N–H and O–H groups in total. The van der Waals surface area contributed by atoms with Crippen molar-refractivity contribution in [1.29, 1.82) is 0 Å². The molecule has 4 rings (SSSR count). The molecule has 1 aromatic heterocycles. The third-order valence-corrected chi connectivity index (χ3v) is 4.90. The number of halogens is 1. The lowest BCUT2D eigenvalue weighted by atomic mass is 10.1. The van der Waals surface area contributed by atoms with E-state index in [1.54, 1.807) is 0 Å². The lowest BCUT2D eigenvalue weighted by Crippen LogP contribution is -1.97. The Morgan fingerprint density at radius 1 is 0.769 bits per heavy atom. The van der Waals surface area contributed by atoms with Crippen molar-refractivity contribution >= 4 is 11.6 Å². The molecule has 0 aliphatic carbocycles. The van der Waals surface area contributed by atoms with Crippen molar-refractivity contribution in [3.63, 3.8) is 0 Å². The fourth-order valence-corrected chi connectivity index (χ4v) is 3.13. The average Bonchev–Trinajstić information content (AvgIpc) is 3.11. The summed E-state index contributed by atoms with van der Waals surface area (Å²) in [5.74, 6) is 0.906. The van der Waals surface area contributed by atoms with Crippen LogP contribution in [0.3, 0.4) is 0 Å². The van der Waals surface area contributed by atoms with Gasteiger partial charge in [-0.05, 0) is 61.4 Å². The van der Waals surface area contributed by atoms with Gasteiger partial charge >= 0.3 is 0 Å². The molecule has 4 aromatic rings. The summed E-state index contributed by atoms with van der Waals surface area (Å²) < 4.78 is 2.15. The van der Waals surface area contributed by atoms with Crippen LogP contribution < -0.4 is 0 Å². The third kappa shape index (κ3) is 3.16. The first-order valence-corrected chi connectivity index (χ1v) is 8.98. The Hall–Kier alpha value is -2.84. The van der Waals surface area contributed by atoms with Crippen LogP contribution in [-0.2, 0) is 0 Å². The largest absolute Gasteiger partial charge is 0.299 e. The fourth-order valence-electron chi connectivity index (χ4n) is 3.00. The lowest BCUT2D eigenvalue weighted by Gasteiger charge is -2.10. The molecule has 0 atom stereocenters. The SMILES string of the molecule is Cc1ccc(-n2cc(-c3ccccc3)nc2-c2ccc(Cl)cc2)cc1C.